The number of sulfone groups is 1. The molecule has 0 aliphatic rings. The minimum atomic E-state index is -3.81. The Labute approximate surface area is 139 Å². The van der Waals surface area contributed by atoms with Crippen molar-refractivity contribution >= 4 is 42.6 Å². The molecule has 0 amide bonds. The maximum Gasteiger partial charge on any atom is 0.259 e. The molecule has 0 radical (unpaired) electrons. The van der Waals surface area contributed by atoms with Gasteiger partial charge >= 0.3 is 0 Å². The van der Waals surface area contributed by atoms with E-state index < -0.39 is 9.84 Å². The van der Waals surface area contributed by atoms with E-state index in [1.54, 1.807) is 37.4 Å². The second-order valence-electron chi connectivity index (χ2n) is 5.04. The van der Waals surface area contributed by atoms with Crippen molar-refractivity contribution in [3.8, 4) is 0 Å². The molecule has 3 heterocycles. The molecule has 3 aromatic heterocycles. The van der Waals surface area contributed by atoms with Crippen LogP contribution in [0.4, 0.5) is 0 Å². The Morgan fingerprint density at radius 1 is 1.22 bits per heavy atom. The summed E-state index contributed by atoms with van der Waals surface area (Å²) in [6.45, 7) is 1.75. The van der Waals surface area contributed by atoms with Gasteiger partial charge in [0.2, 0.25) is 9.84 Å². The fraction of sp³-hybridized carbons (Fsp3) is 0.0714. The third-order valence-corrected chi connectivity index (χ3v) is 5.99. The molecule has 0 fully saturated rings. The number of H-pyrrole nitrogens is 1. The zero-order valence-electron chi connectivity index (χ0n) is 11.9. The lowest BCUT2D eigenvalue weighted by atomic mass is 10.2. The molecule has 9 heteroatoms. The van der Waals surface area contributed by atoms with Crippen LogP contribution in [-0.4, -0.2) is 33.0 Å². The van der Waals surface area contributed by atoms with E-state index in [1.165, 1.54) is 10.6 Å². The zero-order valence-corrected chi connectivity index (χ0v) is 14.3. The Bertz CT molecular complexity index is 1160. The molecule has 1 N–H and O–H groups in total. The quantitative estimate of drug-likeness (QED) is 0.566. The van der Waals surface area contributed by atoms with E-state index in [4.69, 9.17) is 0 Å². The van der Waals surface area contributed by atoms with Gasteiger partial charge in [-0.15, -0.1) is 10.2 Å². The van der Waals surface area contributed by atoms with E-state index in [0.29, 0.717) is 26.8 Å². The summed E-state index contributed by atoms with van der Waals surface area (Å²) in [6, 6.07) is 6.80. The highest BCUT2D eigenvalue weighted by Crippen LogP contribution is 2.28. The maximum atomic E-state index is 13.0. The van der Waals surface area contributed by atoms with Crippen LogP contribution in [0.25, 0.3) is 16.8 Å². The number of fused-ring (bicyclic) bond motifs is 3. The van der Waals surface area contributed by atoms with Gasteiger partial charge in [-0.1, -0.05) is 18.2 Å². The number of aryl methyl sites for hydroxylation is 1. The van der Waals surface area contributed by atoms with E-state index in [1.807, 2.05) is 0 Å². The first kappa shape index (κ1) is 14.3. The van der Waals surface area contributed by atoms with Crippen LogP contribution in [0.2, 0.25) is 0 Å². The molecule has 0 bridgehead atoms. The first-order valence-electron chi connectivity index (χ1n) is 6.67. The van der Waals surface area contributed by atoms with Gasteiger partial charge in [-0.25, -0.2) is 13.4 Å². The Kier molecular flexibility index (Phi) is 3.03. The van der Waals surface area contributed by atoms with Crippen molar-refractivity contribution in [2.75, 3.05) is 0 Å². The summed E-state index contributed by atoms with van der Waals surface area (Å²) in [5.41, 5.74) is 2.15. The highest BCUT2D eigenvalue weighted by Gasteiger charge is 2.27. The van der Waals surface area contributed by atoms with Crippen LogP contribution in [0.1, 0.15) is 5.56 Å². The number of nitrogens with zero attached hydrogens (tertiary/aromatic N) is 4. The molecule has 0 atom stereocenters. The predicted octanol–water partition coefficient (Wildman–Crippen LogP) is 2.51. The first-order chi connectivity index (χ1) is 11.0. The first-order valence-corrected chi connectivity index (χ1v) is 8.95. The molecule has 7 nitrogen and oxygen atoms in total. The molecule has 4 rings (SSSR count). The molecule has 4 aromatic rings. The number of hydrogen-bond donors (Lipinski definition) is 1. The molecular weight excluding hydrogens is 382 g/mol. The fourth-order valence-electron chi connectivity index (χ4n) is 2.52. The lowest BCUT2D eigenvalue weighted by Crippen LogP contribution is -2.09. The Morgan fingerprint density at radius 3 is 2.78 bits per heavy atom. The summed E-state index contributed by atoms with van der Waals surface area (Å²) in [6.07, 6.45) is 3.18. The minimum Gasteiger partial charge on any atom is -0.344 e. The summed E-state index contributed by atoms with van der Waals surface area (Å²) in [5.74, 6) is 0. The van der Waals surface area contributed by atoms with Crippen molar-refractivity contribution in [2.24, 2.45) is 0 Å². The molecule has 1 aromatic carbocycles. The number of nitrogens with one attached hydrogen (secondary N) is 1. The van der Waals surface area contributed by atoms with Gasteiger partial charge in [-0.3, -0.25) is 4.40 Å². The second kappa shape index (κ2) is 4.87. The SMILES string of the molecule is Cc1ccccc1S(=O)(=O)c1nnc2cnc3[nH]cc(Br)c3n12. The third-order valence-electron chi connectivity index (χ3n) is 3.60. The summed E-state index contributed by atoms with van der Waals surface area (Å²) in [5, 5.41) is 7.72. The van der Waals surface area contributed by atoms with Crippen molar-refractivity contribution in [1.82, 2.24) is 24.6 Å². The summed E-state index contributed by atoms with van der Waals surface area (Å²) in [7, 11) is -3.81. The van der Waals surface area contributed by atoms with E-state index >= 15 is 0 Å². The number of aromatic amines is 1. The van der Waals surface area contributed by atoms with Gasteiger partial charge in [-0.2, -0.15) is 0 Å². The molecule has 116 valence electrons. The predicted molar refractivity (Wildman–Crippen MR) is 87.0 cm³/mol. The van der Waals surface area contributed by atoms with Crippen LogP contribution in [0.3, 0.4) is 0 Å². The van der Waals surface area contributed by atoms with Gasteiger partial charge in [0.25, 0.3) is 5.16 Å². The fourth-order valence-corrected chi connectivity index (χ4v) is 4.52. The Morgan fingerprint density at radius 2 is 2.00 bits per heavy atom. The smallest absolute Gasteiger partial charge is 0.259 e. The number of hydrogen-bond acceptors (Lipinski definition) is 5. The van der Waals surface area contributed by atoms with Crippen LogP contribution >= 0.6 is 15.9 Å². The minimum absolute atomic E-state index is 0.130. The number of rotatable bonds is 2. The molecule has 0 aliphatic carbocycles. The van der Waals surface area contributed by atoms with Crippen LogP contribution in [0.5, 0.6) is 0 Å². The van der Waals surface area contributed by atoms with Crippen molar-refractivity contribution in [1.29, 1.82) is 0 Å². The standard InChI is InChI=1S/C14H10BrN5O2S/c1-8-4-2-3-5-10(8)23(21,22)14-19-18-11-7-17-13-12(20(11)14)9(15)6-16-13/h2-7,16H,1H3. The maximum absolute atomic E-state index is 13.0. The van der Waals surface area contributed by atoms with Crippen molar-refractivity contribution < 1.29 is 8.42 Å². The van der Waals surface area contributed by atoms with Crippen LogP contribution < -0.4 is 0 Å². The summed E-state index contributed by atoms with van der Waals surface area (Å²) >= 11 is 3.40. The van der Waals surface area contributed by atoms with Gasteiger partial charge in [0, 0.05) is 6.20 Å². The third kappa shape index (κ3) is 2.00. The lowest BCUT2D eigenvalue weighted by molar-refractivity contribution is 0.585. The van der Waals surface area contributed by atoms with Crippen molar-refractivity contribution in [2.45, 2.75) is 17.0 Å². The van der Waals surface area contributed by atoms with Crippen molar-refractivity contribution in [3.63, 3.8) is 0 Å². The Balaban J connectivity index is 2.12. The van der Waals surface area contributed by atoms with Gasteiger partial charge in [0.1, 0.15) is 5.52 Å². The number of aromatic nitrogens is 5. The molecule has 23 heavy (non-hydrogen) atoms. The summed E-state index contributed by atoms with van der Waals surface area (Å²) < 4.78 is 28.3. The lowest BCUT2D eigenvalue weighted by Gasteiger charge is -2.06. The van der Waals surface area contributed by atoms with E-state index in [-0.39, 0.29) is 10.1 Å². The second-order valence-corrected chi connectivity index (χ2v) is 7.70. The molecule has 0 spiro atoms. The number of halogens is 1. The molecule has 0 aliphatic heterocycles. The molecule has 0 saturated heterocycles. The van der Waals surface area contributed by atoms with E-state index in [9.17, 15) is 8.42 Å². The molecule has 0 unspecified atom stereocenters. The number of benzene rings is 1. The van der Waals surface area contributed by atoms with Crippen LogP contribution in [-0.2, 0) is 9.84 Å². The molecular formula is C14H10BrN5O2S. The average molecular weight is 392 g/mol. The monoisotopic (exact) mass is 391 g/mol. The van der Waals surface area contributed by atoms with Gasteiger partial charge in [-0.05, 0) is 34.5 Å². The largest absolute Gasteiger partial charge is 0.344 e. The highest BCUT2D eigenvalue weighted by molar-refractivity contribution is 9.10. The average Bonchev–Trinajstić information content (AvgIpc) is 3.11. The van der Waals surface area contributed by atoms with Gasteiger partial charge in [0.05, 0.1) is 15.6 Å². The van der Waals surface area contributed by atoms with Crippen LogP contribution in [0.15, 0.2) is 51.2 Å². The normalized spacial score (nSPS) is 12.3. The Hall–Kier alpha value is -2.26. The van der Waals surface area contributed by atoms with E-state index in [2.05, 4.69) is 36.1 Å². The van der Waals surface area contributed by atoms with E-state index in [0.717, 1.165) is 0 Å². The van der Waals surface area contributed by atoms with Gasteiger partial charge in [0.15, 0.2) is 11.3 Å². The van der Waals surface area contributed by atoms with Crippen molar-refractivity contribution in [3.05, 3.63) is 46.7 Å². The topological polar surface area (TPSA) is 93.0 Å². The van der Waals surface area contributed by atoms with Gasteiger partial charge < -0.3 is 4.98 Å². The van der Waals surface area contributed by atoms with Crippen LogP contribution in [0, 0.1) is 6.92 Å². The zero-order chi connectivity index (χ0) is 16.2. The molecule has 0 saturated carbocycles. The highest BCUT2D eigenvalue weighted by atomic mass is 79.9. The summed E-state index contributed by atoms with van der Waals surface area (Å²) in [4.78, 5) is 7.40.